The summed E-state index contributed by atoms with van der Waals surface area (Å²) < 4.78 is 39.6. The fraction of sp³-hybridized carbons (Fsp3) is 0.0909. The molecule has 1 heterocycles. The second kappa shape index (κ2) is 5.29. The maximum absolute atomic E-state index is 13.2. The van der Waals surface area contributed by atoms with Crippen molar-refractivity contribution < 1.29 is 12.8 Å². The number of benzene rings is 1. The lowest BCUT2D eigenvalue weighted by Crippen LogP contribution is -2.18. The number of nitrogens with one attached hydrogen (secondary N) is 1. The molecule has 0 spiro atoms. The van der Waals surface area contributed by atoms with E-state index in [1.54, 1.807) is 6.07 Å². The highest BCUT2D eigenvalue weighted by Gasteiger charge is 2.19. The minimum absolute atomic E-state index is 0.0217. The molecule has 19 heavy (non-hydrogen) atoms. The van der Waals surface area contributed by atoms with E-state index < -0.39 is 15.8 Å². The third-order valence-corrected chi connectivity index (χ3v) is 3.74. The first kappa shape index (κ1) is 13.4. The molecule has 0 atom stereocenters. The average Bonchev–Trinajstić information content (AvgIpc) is 2.39. The Balaban J connectivity index is 2.42. The van der Waals surface area contributed by atoms with Crippen molar-refractivity contribution in [3.63, 3.8) is 0 Å². The minimum atomic E-state index is -3.97. The molecule has 0 bridgehead atoms. The molecule has 100 valence electrons. The number of aromatic nitrogens is 2. The second-order valence-corrected chi connectivity index (χ2v) is 5.28. The van der Waals surface area contributed by atoms with E-state index in [0.29, 0.717) is 5.56 Å². The average molecular weight is 282 g/mol. The van der Waals surface area contributed by atoms with Crippen molar-refractivity contribution in [2.45, 2.75) is 11.4 Å². The van der Waals surface area contributed by atoms with Crippen molar-refractivity contribution in [3.8, 4) is 0 Å². The van der Waals surface area contributed by atoms with Crippen LogP contribution in [0.5, 0.6) is 0 Å². The van der Waals surface area contributed by atoms with Gasteiger partial charge in [-0.3, -0.25) is 0 Å². The van der Waals surface area contributed by atoms with Crippen LogP contribution in [-0.4, -0.2) is 18.4 Å². The maximum atomic E-state index is 13.2. The molecule has 2 rings (SSSR count). The van der Waals surface area contributed by atoms with Crippen LogP contribution in [0.3, 0.4) is 0 Å². The molecule has 0 amide bonds. The number of halogens is 1. The first-order valence-corrected chi connectivity index (χ1v) is 6.79. The van der Waals surface area contributed by atoms with Crippen molar-refractivity contribution in [2.75, 3.05) is 4.72 Å². The summed E-state index contributed by atoms with van der Waals surface area (Å²) in [5.74, 6) is -0.749. The molecule has 1 aromatic carbocycles. The van der Waals surface area contributed by atoms with Crippen molar-refractivity contribution in [1.82, 2.24) is 9.97 Å². The molecular weight excluding hydrogens is 271 g/mol. The van der Waals surface area contributed by atoms with Gasteiger partial charge in [0.25, 0.3) is 10.0 Å². The molecule has 0 aliphatic carbocycles. The molecule has 0 unspecified atom stereocenters. The van der Waals surface area contributed by atoms with Crippen molar-refractivity contribution in [3.05, 3.63) is 48.0 Å². The van der Waals surface area contributed by atoms with Crippen LogP contribution in [-0.2, 0) is 16.6 Å². The predicted molar refractivity (Wildman–Crippen MR) is 67.1 cm³/mol. The number of sulfonamides is 1. The van der Waals surface area contributed by atoms with Gasteiger partial charge in [-0.15, -0.1) is 0 Å². The number of nitrogens with two attached hydrogens (primary N) is 1. The largest absolute Gasteiger partial charge is 0.326 e. The monoisotopic (exact) mass is 282 g/mol. The van der Waals surface area contributed by atoms with Crippen LogP contribution in [0.1, 0.15) is 5.56 Å². The molecule has 0 aliphatic rings. The molecule has 6 nitrogen and oxygen atoms in total. The summed E-state index contributed by atoms with van der Waals surface area (Å²) in [4.78, 5) is 7.26. The van der Waals surface area contributed by atoms with E-state index in [4.69, 9.17) is 5.73 Å². The predicted octanol–water partition coefficient (Wildman–Crippen LogP) is 0.875. The Labute approximate surface area is 109 Å². The van der Waals surface area contributed by atoms with Crippen LogP contribution in [0.25, 0.3) is 0 Å². The zero-order valence-electron chi connectivity index (χ0n) is 9.75. The molecule has 0 fully saturated rings. The Kier molecular flexibility index (Phi) is 3.72. The van der Waals surface area contributed by atoms with E-state index >= 15 is 0 Å². The van der Waals surface area contributed by atoms with Crippen LogP contribution >= 0.6 is 0 Å². The van der Waals surface area contributed by atoms with Crippen molar-refractivity contribution in [2.24, 2.45) is 5.73 Å². The fourth-order valence-electron chi connectivity index (χ4n) is 1.47. The first-order chi connectivity index (χ1) is 9.03. The van der Waals surface area contributed by atoms with Gasteiger partial charge in [-0.05, 0) is 23.8 Å². The van der Waals surface area contributed by atoms with Crippen LogP contribution in [0.2, 0.25) is 0 Å². The highest BCUT2D eigenvalue weighted by Crippen LogP contribution is 2.19. The molecule has 0 aliphatic heterocycles. The zero-order chi connectivity index (χ0) is 13.9. The van der Waals surface area contributed by atoms with Crippen LogP contribution in [0.15, 0.2) is 41.6 Å². The number of hydrogen-bond acceptors (Lipinski definition) is 5. The zero-order valence-corrected chi connectivity index (χ0v) is 10.6. The van der Waals surface area contributed by atoms with Gasteiger partial charge >= 0.3 is 0 Å². The Hall–Kier alpha value is -2.06. The van der Waals surface area contributed by atoms with Crippen LogP contribution in [0.4, 0.5) is 10.3 Å². The van der Waals surface area contributed by atoms with Gasteiger partial charge in [0.15, 0.2) is 0 Å². The Bertz CT molecular complexity index is 676. The highest BCUT2D eigenvalue weighted by atomic mass is 32.2. The Morgan fingerprint density at radius 2 is 1.95 bits per heavy atom. The highest BCUT2D eigenvalue weighted by molar-refractivity contribution is 7.92. The summed E-state index contributed by atoms with van der Waals surface area (Å²) in [6.07, 6.45) is 2.78. The fourth-order valence-corrected chi connectivity index (χ4v) is 2.69. The SMILES string of the molecule is NCc1ccc(F)cc1S(=O)(=O)Nc1ncccn1. The molecule has 0 saturated heterocycles. The Morgan fingerprint density at radius 1 is 1.26 bits per heavy atom. The number of rotatable bonds is 4. The standard InChI is InChI=1S/C11H11FN4O2S/c12-9-3-2-8(7-13)10(6-9)19(17,18)16-11-14-4-1-5-15-11/h1-6H,7,13H2,(H,14,15,16). The number of nitrogens with zero attached hydrogens (tertiary/aromatic N) is 2. The van der Waals surface area contributed by atoms with E-state index in [1.165, 1.54) is 18.5 Å². The third-order valence-electron chi connectivity index (χ3n) is 2.33. The lowest BCUT2D eigenvalue weighted by atomic mass is 10.2. The van der Waals surface area contributed by atoms with Gasteiger partial charge in [-0.1, -0.05) is 6.07 Å². The smallest absolute Gasteiger partial charge is 0.264 e. The first-order valence-electron chi connectivity index (χ1n) is 5.31. The Morgan fingerprint density at radius 3 is 2.58 bits per heavy atom. The molecule has 3 N–H and O–H groups in total. The molecule has 0 saturated carbocycles. The molecule has 2 aromatic rings. The van der Waals surface area contributed by atoms with Crippen LogP contribution in [0, 0.1) is 5.82 Å². The van der Waals surface area contributed by atoms with Crippen LogP contribution < -0.4 is 10.5 Å². The number of anilines is 1. The molecule has 1 aromatic heterocycles. The summed E-state index contributed by atoms with van der Waals surface area (Å²) in [5, 5.41) is 0. The molecular formula is C11H11FN4O2S. The van der Waals surface area contributed by atoms with Gasteiger partial charge < -0.3 is 5.73 Å². The van der Waals surface area contributed by atoms with Gasteiger partial charge in [0.1, 0.15) is 5.82 Å². The minimum Gasteiger partial charge on any atom is -0.326 e. The van der Waals surface area contributed by atoms with E-state index in [9.17, 15) is 12.8 Å². The summed E-state index contributed by atoms with van der Waals surface area (Å²) in [5.41, 5.74) is 5.75. The lowest BCUT2D eigenvalue weighted by molar-refractivity contribution is 0.593. The number of hydrogen-bond donors (Lipinski definition) is 2. The topological polar surface area (TPSA) is 98.0 Å². The van der Waals surface area contributed by atoms with Gasteiger partial charge in [0.05, 0.1) is 4.90 Å². The second-order valence-electron chi connectivity index (χ2n) is 3.63. The normalized spacial score (nSPS) is 11.3. The van der Waals surface area contributed by atoms with E-state index in [-0.39, 0.29) is 17.4 Å². The summed E-state index contributed by atoms with van der Waals surface area (Å²) in [6.45, 7) is -0.0217. The quantitative estimate of drug-likeness (QED) is 0.867. The molecule has 8 heteroatoms. The van der Waals surface area contributed by atoms with Gasteiger partial charge in [0.2, 0.25) is 5.95 Å². The summed E-state index contributed by atoms with van der Waals surface area (Å²) in [7, 11) is -3.97. The summed E-state index contributed by atoms with van der Waals surface area (Å²) in [6, 6.07) is 4.94. The van der Waals surface area contributed by atoms with E-state index in [2.05, 4.69) is 14.7 Å². The van der Waals surface area contributed by atoms with Gasteiger partial charge in [-0.25, -0.2) is 27.5 Å². The van der Waals surface area contributed by atoms with E-state index in [0.717, 1.165) is 12.1 Å². The van der Waals surface area contributed by atoms with Crippen molar-refractivity contribution >= 4 is 16.0 Å². The van der Waals surface area contributed by atoms with E-state index in [1.807, 2.05) is 0 Å². The maximum Gasteiger partial charge on any atom is 0.264 e. The van der Waals surface area contributed by atoms with Gasteiger partial charge in [0, 0.05) is 18.9 Å². The molecule has 0 radical (unpaired) electrons. The van der Waals surface area contributed by atoms with Gasteiger partial charge in [-0.2, -0.15) is 0 Å². The lowest BCUT2D eigenvalue weighted by Gasteiger charge is -2.10. The third kappa shape index (κ3) is 3.04. The van der Waals surface area contributed by atoms with Crippen molar-refractivity contribution in [1.29, 1.82) is 0 Å². The summed E-state index contributed by atoms with van der Waals surface area (Å²) >= 11 is 0.